The van der Waals surface area contributed by atoms with E-state index in [2.05, 4.69) is 31.5 Å². The Hall–Kier alpha value is -1.43. The van der Waals surface area contributed by atoms with Gasteiger partial charge in [0.1, 0.15) is 10.6 Å². The zero-order valence-electron chi connectivity index (χ0n) is 8.95. The Labute approximate surface area is 102 Å². The monoisotopic (exact) mass is 285 g/mol. The van der Waals surface area contributed by atoms with E-state index < -0.39 is 6.04 Å². The van der Waals surface area contributed by atoms with Gasteiger partial charge in [0.2, 0.25) is 5.91 Å². The first kappa shape index (κ1) is 12.6. The van der Waals surface area contributed by atoms with Crippen molar-refractivity contribution in [3.05, 3.63) is 28.5 Å². The summed E-state index contributed by atoms with van der Waals surface area (Å²) >= 11 is 3.17. The average Bonchev–Trinajstić information content (AvgIpc) is 2.28. The molecule has 0 aliphatic rings. The number of hydrogen-bond donors (Lipinski definition) is 2. The molecule has 0 bridgehead atoms. The number of hydrogen-bond acceptors (Lipinski definition) is 3. The molecule has 0 fully saturated rings. The molecular weight excluding hydrogens is 274 g/mol. The van der Waals surface area contributed by atoms with E-state index in [1.165, 1.54) is 7.05 Å². The second-order valence-electron chi connectivity index (χ2n) is 3.15. The maximum absolute atomic E-state index is 11.7. The minimum atomic E-state index is -0.579. The maximum atomic E-state index is 11.7. The van der Waals surface area contributed by atoms with Gasteiger partial charge < -0.3 is 10.6 Å². The first-order valence-corrected chi connectivity index (χ1v) is 5.48. The van der Waals surface area contributed by atoms with Crippen LogP contribution in [0.1, 0.15) is 17.3 Å². The Balaban J connectivity index is 2.73. The number of halogens is 1. The topological polar surface area (TPSA) is 71.1 Å². The molecule has 0 aliphatic heterocycles. The van der Waals surface area contributed by atoms with Crippen LogP contribution in [0.3, 0.4) is 0 Å². The van der Waals surface area contributed by atoms with Gasteiger partial charge in [-0.25, -0.2) is 4.98 Å². The van der Waals surface area contributed by atoms with E-state index in [1.807, 2.05) is 0 Å². The van der Waals surface area contributed by atoms with Gasteiger partial charge in [-0.05, 0) is 35.0 Å². The van der Waals surface area contributed by atoms with Crippen molar-refractivity contribution in [2.24, 2.45) is 0 Å². The number of aromatic nitrogens is 1. The lowest BCUT2D eigenvalue weighted by atomic mass is 10.2. The SMILES string of the molecule is CNC(=O)C(C)NC(=O)c1cccnc1Br. The number of likely N-dealkylation sites (N-methyl/N-ethyl adjacent to an activating group) is 1. The van der Waals surface area contributed by atoms with Crippen molar-refractivity contribution < 1.29 is 9.59 Å². The Morgan fingerprint density at radius 1 is 1.50 bits per heavy atom. The molecule has 0 aliphatic carbocycles. The summed E-state index contributed by atoms with van der Waals surface area (Å²) < 4.78 is 0.455. The highest BCUT2D eigenvalue weighted by molar-refractivity contribution is 9.10. The molecule has 0 spiro atoms. The van der Waals surface area contributed by atoms with Crippen LogP contribution in [-0.2, 0) is 4.79 Å². The fourth-order valence-corrected chi connectivity index (χ4v) is 1.54. The fourth-order valence-electron chi connectivity index (χ4n) is 1.11. The van der Waals surface area contributed by atoms with Gasteiger partial charge in [0.25, 0.3) is 5.91 Å². The molecule has 0 aromatic carbocycles. The van der Waals surface area contributed by atoms with Crippen LogP contribution in [0.15, 0.2) is 22.9 Å². The van der Waals surface area contributed by atoms with Crippen LogP contribution in [0.2, 0.25) is 0 Å². The van der Waals surface area contributed by atoms with E-state index in [4.69, 9.17) is 0 Å². The molecule has 1 rings (SSSR count). The van der Waals surface area contributed by atoms with Gasteiger partial charge in [-0.1, -0.05) is 0 Å². The molecule has 2 N–H and O–H groups in total. The van der Waals surface area contributed by atoms with Crippen LogP contribution in [0.4, 0.5) is 0 Å². The van der Waals surface area contributed by atoms with Crippen molar-refractivity contribution in [3.63, 3.8) is 0 Å². The number of carbonyl (C=O) groups is 2. The summed E-state index contributed by atoms with van der Waals surface area (Å²) in [5, 5.41) is 5.02. The van der Waals surface area contributed by atoms with Gasteiger partial charge in [-0.2, -0.15) is 0 Å². The van der Waals surface area contributed by atoms with Crippen molar-refractivity contribution in [1.29, 1.82) is 0 Å². The Kier molecular flexibility index (Phi) is 4.42. The second kappa shape index (κ2) is 5.60. The quantitative estimate of drug-likeness (QED) is 0.804. The normalized spacial score (nSPS) is 11.7. The van der Waals surface area contributed by atoms with Gasteiger partial charge in [0, 0.05) is 13.2 Å². The summed E-state index contributed by atoms with van der Waals surface area (Å²) in [5.74, 6) is -0.579. The third kappa shape index (κ3) is 3.03. The molecule has 0 saturated heterocycles. The lowest BCUT2D eigenvalue weighted by Gasteiger charge is -2.12. The highest BCUT2D eigenvalue weighted by Crippen LogP contribution is 2.12. The number of carbonyl (C=O) groups excluding carboxylic acids is 2. The summed E-state index contributed by atoms with van der Waals surface area (Å²) in [6.45, 7) is 1.61. The number of nitrogens with zero attached hydrogens (tertiary/aromatic N) is 1. The molecule has 6 heteroatoms. The van der Waals surface area contributed by atoms with E-state index >= 15 is 0 Å². The van der Waals surface area contributed by atoms with Crippen molar-refractivity contribution in [3.8, 4) is 0 Å². The molecule has 1 aromatic heterocycles. The summed E-state index contributed by atoms with van der Waals surface area (Å²) in [6.07, 6.45) is 1.57. The van der Waals surface area contributed by atoms with E-state index in [0.717, 1.165) is 0 Å². The van der Waals surface area contributed by atoms with Crippen LogP contribution < -0.4 is 10.6 Å². The van der Waals surface area contributed by atoms with Crippen molar-refractivity contribution in [2.75, 3.05) is 7.05 Å². The molecule has 86 valence electrons. The van der Waals surface area contributed by atoms with Gasteiger partial charge >= 0.3 is 0 Å². The smallest absolute Gasteiger partial charge is 0.254 e. The number of rotatable bonds is 3. The van der Waals surface area contributed by atoms with Gasteiger partial charge in [0.05, 0.1) is 5.56 Å². The predicted octanol–water partition coefficient (Wildman–Crippen LogP) is 0.708. The van der Waals surface area contributed by atoms with E-state index in [-0.39, 0.29) is 11.8 Å². The number of pyridine rings is 1. The van der Waals surface area contributed by atoms with E-state index in [1.54, 1.807) is 25.3 Å². The molecule has 16 heavy (non-hydrogen) atoms. The molecule has 5 nitrogen and oxygen atoms in total. The first-order valence-electron chi connectivity index (χ1n) is 4.69. The molecule has 1 atom stereocenters. The third-order valence-corrected chi connectivity index (χ3v) is 2.62. The van der Waals surface area contributed by atoms with Crippen LogP contribution in [-0.4, -0.2) is 29.9 Å². The average molecular weight is 286 g/mol. The fraction of sp³-hybridized carbons (Fsp3) is 0.300. The van der Waals surface area contributed by atoms with E-state index in [0.29, 0.717) is 10.2 Å². The highest BCUT2D eigenvalue weighted by atomic mass is 79.9. The summed E-state index contributed by atoms with van der Waals surface area (Å²) in [4.78, 5) is 26.9. The predicted molar refractivity (Wildman–Crippen MR) is 62.9 cm³/mol. The summed E-state index contributed by atoms with van der Waals surface area (Å²) in [6, 6.07) is 2.71. The molecule has 2 amide bonds. The first-order chi connectivity index (χ1) is 7.56. The third-order valence-electron chi connectivity index (χ3n) is 1.99. The van der Waals surface area contributed by atoms with Crippen molar-refractivity contribution in [1.82, 2.24) is 15.6 Å². The van der Waals surface area contributed by atoms with Gasteiger partial charge in [-0.3, -0.25) is 9.59 Å². The van der Waals surface area contributed by atoms with E-state index in [9.17, 15) is 9.59 Å². The summed E-state index contributed by atoms with van der Waals surface area (Å²) in [5.41, 5.74) is 0.401. The zero-order chi connectivity index (χ0) is 12.1. The summed E-state index contributed by atoms with van der Waals surface area (Å²) in [7, 11) is 1.52. The zero-order valence-corrected chi connectivity index (χ0v) is 10.5. The lowest BCUT2D eigenvalue weighted by molar-refractivity contribution is -0.122. The van der Waals surface area contributed by atoms with Gasteiger partial charge in [0.15, 0.2) is 0 Å². The largest absolute Gasteiger partial charge is 0.357 e. The molecule has 1 heterocycles. The van der Waals surface area contributed by atoms with Crippen LogP contribution >= 0.6 is 15.9 Å². The highest BCUT2D eigenvalue weighted by Gasteiger charge is 2.16. The van der Waals surface area contributed by atoms with Gasteiger partial charge in [-0.15, -0.1) is 0 Å². The van der Waals surface area contributed by atoms with Crippen molar-refractivity contribution in [2.45, 2.75) is 13.0 Å². The van der Waals surface area contributed by atoms with Crippen LogP contribution in [0.5, 0.6) is 0 Å². The minimum absolute atomic E-state index is 0.242. The van der Waals surface area contributed by atoms with Crippen molar-refractivity contribution >= 4 is 27.7 Å². The second-order valence-corrected chi connectivity index (χ2v) is 3.90. The van der Waals surface area contributed by atoms with Crippen LogP contribution in [0.25, 0.3) is 0 Å². The maximum Gasteiger partial charge on any atom is 0.254 e. The van der Waals surface area contributed by atoms with Crippen LogP contribution in [0, 0.1) is 0 Å². The molecular formula is C10H12BrN3O2. The lowest BCUT2D eigenvalue weighted by Crippen LogP contribution is -2.43. The minimum Gasteiger partial charge on any atom is -0.357 e. The Morgan fingerprint density at radius 2 is 2.19 bits per heavy atom. The molecule has 1 aromatic rings. The molecule has 1 unspecified atom stereocenters. The standard InChI is InChI=1S/C10H12BrN3O2/c1-6(9(15)12-2)14-10(16)7-4-3-5-13-8(7)11/h3-6H,1-2H3,(H,12,15)(H,14,16). The molecule has 0 radical (unpaired) electrons. The molecule has 0 saturated carbocycles. The Morgan fingerprint density at radius 3 is 2.75 bits per heavy atom. The Bertz CT molecular complexity index is 409. The number of nitrogens with one attached hydrogen (secondary N) is 2. The number of amides is 2.